The molecule has 2 aromatic rings. The first kappa shape index (κ1) is 25.9. The zero-order valence-corrected chi connectivity index (χ0v) is 21.0. The van der Waals surface area contributed by atoms with Crippen molar-refractivity contribution in [3.05, 3.63) is 40.4 Å². The van der Waals surface area contributed by atoms with Crippen LogP contribution in [-0.2, 0) is 16.6 Å². The van der Waals surface area contributed by atoms with E-state index in [0.717, 1.165) is 6.07 Å². The topological polar surface area (TPSA) is 135 Å². The number of hydrogen-bond acceptors (Lipinski definition) is 6. The normalized spacial score (nSPS) is 24.8. The molecule has 1 heterocycles. The van der Waals surface area contributed by atoms with Gasteiger partial charge >= 0.3 is 0 Å². The summed E-state index contributed by atoms with van der Waals surface area (Å²) < 4.78 is 20.4. The number of benzene rings is 1. The Kier molecular flexibility index (Phi) is 6.98. The van der Waals surface area contributed by atoms with E-state index in [1.165, 1.54) is 23.7 Å². The number of ether oxygens (including phenoxy) is 1. The number of aryl methyl sites for hydroxylation is 2. The second kappa shape index (κ2) is 9.70. The Balaban J connectivity index is 1.39. The van der Waals surface area contributed by atoms with Gasteiger partial charge in [-0.05, 0) is 51.2 Å². The lowest BCUT2D eigenvalue weighted by Crippen LogP contribution is -2.70. The number of carbonyl (C=O) groups is 3. The van der Waals surface area contributed by atoms with E-state index in [0.29, 0.717) is 37.1 Å². The zero-order valence-electron chi connectivity index (χ0n) is 20.3. The maximum Gasteiger partial charge on any atom is 0.272 e. The summed E-state index contributed by atoms with van der Waals surface area (Å²) in [4.78, 5) is 37.4. The highest BCUT2D eigenvalue weighted by Crippen LogP contribution is 2.47. The predicted molar refractivity (Wildman–Crippen MR) is 129 cm³/mol. The number of aromatic nitrogens is 2. The number of halogens is 2. The number of rotatable bonds is 7. The summed E-state index contributed by atoms with van der Waals surface area (Å²) in [5, 5.41) is 23.8. The van der Waals surface area contributed by atoms with Crippen LogP contribution in [0.3, 0.4) is 0 Å². The average Bonchev–Trinajstić information content (AvgIpc) is 3.08. The Morgan fingerprint density at radius 2 is 1.94 bits per heavy atom. The van der Waals surface area contributed by atoms with E-state index in [-0.39, 0.29) is 35.4 Å². The largest absolute Gasteiger partial charge is 0.484 e. The highest BCUT2D eigenvalue weighted by atomic mass is 35.5. The summed E-state index contributed by atoms with van der Waals surface area (Å²) in [5.74, 6) is -1.62. The number of anilines is 1. The molecule has 3 saturated carbocycles. The lowest BCUT2D eigenvalue weighted by molar-refractivity contribution is -0.132. The van der Waals surface area contributed by atoms with Crippen LogP contribution in [-0.4, -0.2) is 56.4 Å². The first-order valence-corrected chi connectivity index (χ1v) is 12.0. The fourth-order valence-electron chi connectivity index (χ4n) is 5.24. The lowest BCUT2D eigenvalue weighted by Gasteiger charge is -2.56. The monoisotopic (exact) mass is 521 g/mol. The maximum absolute atomic E-state index is 13.6. The van der Waals surface area contributed by atoms with Gasteiger partial charge in [0.2, 0.25) is 5.91 Å². The SMILES string of the molecule is CC(=O)Nc1c(C)nn(C)c1C(=O)NC12CCC(NC(=O)COc3ccc(Cl)c(F)c3)(CC1)C(O)C2. The molecule has 1 unspecified atom stereocenters. The predicted octanol–water partition coefficient (Wildman–Crippen LogP) is 2.22. The molecule has 194 valence electrons. The van der Waals surface area contributed by atoms with E-state index in [4.69, 9.17) is 16.3 Å². The first-order chi connectivity index (χ1) is 16.9. The summed E-state index contributed by atoms with van der Waals surface area (Å²) in [6, 6.07) is 3.90. The molecule has 2 bridgehead atoms. The minimum Gasteiger partial charge on any atom is -0.484 e. The zero-order chi connectivity index (χ0) is 26.3. The molecule has 0 saturated heterocycles. The van der Waals surface area contributed by atoms with Crippen LogP contribution in [0.4, 0.5) is 10.1 Å². The number of fused-ring (bicyclic) bond motifs is 3. The Bertz CT molecular complexity index is 1210. The summed E-state index contributed by atoms with van der Waals surface area (Å²) in [6.45, 7) is 2.72. The van der Waals surface area contributed by atoms with Crippen LogP contribution in [0, 0.1) is 12.7 Å². The van der Waals surface area contributed by atoms with E-state index in [1.54, 1.807) is 14.0 Å². The van der Waals surface area contributed by atoms with E-state index in [1.807, 2.05) is 0 Å². The van der Waals surface area contributed by atoms with Gasteiger partial charge in [0, 0.05) is 25.6 Å². The molecule has 0 aliphatic heterocycles. The quantitative estimate of drug-likeness (QED) is 0.441. The van der Waals surface area contributed by atoms with Gasteiger partial charge in [-0.2, -0.15) is 5.10 Å². The second-order valence-electron chi connectivity index (χ2n) is 9.64. The highest BCUT2D eigenvalue weighted by Gasteiger charge is 2.55. The van der Waals surface area contributed by atoms with Gasteiger partial charge in [-0.25, -0.2) is 4.39 Å². The minimum absolute atomic E-state index is 0.0429. The molecule has 10 nitrogen and oxygen atoms in total. The van der Waals surface area contributed by atoms with Crippen LogP contribution in [0.25, 0.3) is 0 Å². The van der Waals surface area contributed by atoms with E-state index >= 15 is 0 Å². The number of nitrogens with zero attached hydrogens (tertiary/aromatic N) is 2. The van der Waals surface area contributed by atoms with Crippen LogP contribution in [0.5, 0.6) is 5.75 Å². The molecule has 12 heteroatoms. The standard InChI is InChI=1S/C24H29ClFN5O5/c1-13-20(27-14(2)32)21(31(3)30-13)22(35)29-23-6-8-24(9-7-23,18(33)11-23)28-19(34)12-36-15-4-5-16(25)17(26)10-15/h4-5,10,18,33H,6-9,11-12H2,1-3H3,(H,27,32)(H,28,34)(H,29,35). The Labute approximate surface area is 212 Å². The molecular weight excluding hydrogens is 493 g/mol. The molecule has 3 aliphatic carbocycles. The molecule has 1 aromatic heterocycles. The van der Waals surface area contributed by atoms with Crippen molar-refractivity contribution >= 4 is 35.0 Å². The molecule has 0 spiro atoms. The number of aliphatic hydroxyl groups excluding tert-OH is 1. The van der Waals surface area contributed by atoms with Crippen molar-refractivity contribution in [3.63, 3.8) is 0 Å². The average molecular weight is 522 g/mol. The van der Waals surface area contributed by atoms with Crippen molar-refractivity contribution in [2.45, 2.75) is 63.1 Å². The van der Waals surface area contributed by atoms with E-state index in [9.17, 15) is 23.9 Å². The summed E-state index contributed by atoms with van der Waals surface area (Å²) in [5.41, 5.74) is -0.367. The van der Waals surface area contributed by atoms with Crippen molar-refractivity contribution in [2.75, 3.05) is 11.9 Å². The van der Waals surface area contributed by atoms with Gasteiger partial charge in [0.25, 0.3) is 11.8 Å². The third kappa shape index (κ3) is 5.03. The highest BCUT2D eigenvalue weighted by molar-refractivity contribution is 6.30. The number of aliphatic hydroxyl groups is 1. The molecule has 3 aliphatic rings. The minimum atomic E-state index is -0.889. The third-order valence-electron chi connectivity index (χ3n) is 7.09. The van der Waals surface area contributed by atoms with Crippen LogP contribution in [0.15, 0.2) is 18.2 Å². The van der Waals surface area contributed by atoms with Crippen molar-refractivity contribution in [3.8, 4) is 5.75 Å². The van der Waals surface area contributed by atoms with Gasteiger partial charge in [0.1, 0.15) is 17.3 Å². The summed E-state index contributed by atoms with van der Waals surface area (Å²) in [7, 11) is 1.63. The third-order valence-corrected chi connectivity index (χ3v) is 7.39. The van der Waals surface area contributed by atoms with Crippen molar-refractivity contribution in [2.24, 2.45) is 7.05 Å². The maximum atomic E-state index is 13.6. The number of carbonyl (C=O) groups excluding carboxylic acids is 3. The van der Waals surface area contributed by atoms with Gasteiger partial charge < -0.3 is 25.8 Å². The second-order valence-corrected chi connectivity index (χ2v) is 10.0. The molecule has 3 fully saturated rings. The van der Waals surface area contributed by atoms with Crippen molar-refractivity contribution in [1.82, 2.24) is 20.4 Å². The summed E-state index contributed by atoms with van der Waals surface area (Å²) in [6.07, 6.45) is 1.38. The van der Waals surface area contributed by atoms with Gasteiger partial charge in [-0.3, -0.25) is 19.1 Å². The Morgan fingerprint density at radius 3 is 2.56 bits per heavy atom. The molecule has 1 atom stereocenters. The number of hydrogen-bond donors (Lipinski definition) is 4. The Hall–Kier alpha value is -3.18. The summed E-state index contributed by atoms with van der Waals surface area (Å²) >= 11 is 5.66. The molecule has 0 radical (unpaired) electrons. The van der Waals surface area contributed by atoms with Gasteiger partial charge in [-0.1, -0.05) is 11.6 Å². The molecule has 1 aromatic carbocycles. The molecular formula is C24H29ClFN5O5. The van der Waals surface area contributed by atoms with Gasteiger partial charge in [0.05, 0.1) is 28.0 Å². The molecule has 4 N–H and O–H groups in total. The van der Waals surface area contributed by atoms with Crippen LogP contribution in [0.1, 0.15) is 55.2 Å². The van der Waals surface area contributed by atoms with Crippen LogP contribution >= 0.6 is 11.6 Å². The molecule has 5 rings (SSSR count). The number of amides is 3. The number of nitrogens with one attached hydrogen (secondary N) is 3. The molecule has 36 heavy (non-hydrogen) atoms. The molecule has 3 amide bonds. The first-order valence-electron chi connectivity index (χ1n) is 11.6. The Morgan fingerprint density at radius 1 is 1.25 bits per heavy atom. The van der Waals surface area contributed by atoms with Crippen molar-refractivity contribution in [1.29, 1.82) is 0 Å². The van der Waals surface area contributed by atoms with Crippen LogP contribution < -0.4 is 20.7 Å². The smallest absolute Gasteiger partial charge is 0.272 e. The van der Waals surface area contributed by atoms with E-state index < -0.39 is 34.8 Å². The van der Waals surface area contributed by atoms with Crippen molar-refractivity contribution < 1.29 is 28.6 Å². The van der Waals surface area contributed by atoms with E-state index in [2.05, 4.69) is 21.0 Å². The van der Waals surface area contributed by atoms with Gasteiger partial charge in [-0.15, -0.1) is 0 Å². The fraction of sp³-hybridized carbons (Fsp3) is 0.500. The van der Waals surface area contributed by atoms with Crippen LogP contribution in [0.2, 0.25) is 5.02 Å². The van der Waals surface area contributed by atoms with Gasteiger partial charge in [0.15, 0.2) is 6.61 Å². The fourth-order valence-corrected chi connectivity index (χ4v) is 5.35. The lowest BCUT2D eigenvalue weighted by atomic mass is 9.60.